The molecule has 9 nitrogen and oxygen atoms in total. The number of hydrogen-bond donors (Lipinski definition) is 3. The van der Waals surface area contributed by atoms with E-state index in [4.69, 9.17) is 0 Å². The Morgan fingerprint density at radius 3 is 2.55 bits per heavy atom. The van der Waals surface area contributed by atoms with Crippen molar-refractivity contribution in [2.24, 2.45) is 10.4 Å². The molecule has 1 aliphatic carbocycles. The average molecular weight is 538 g/mol. The highest BCUT2D eigenvalue weighted by atomic mass is 16.2. The number of nitrogens with zero attached hydrogens (tertiary/aromatic N) is 2. The first-order valence-electron chi connectivity index (χ1n) is 13.7. The zero-order valence-electron chi connectivity index (χ0n) is 22.1. The van der Waals surface area contributed by atoms with E-state index in [1.165, 1.54) is 0 Å². The number of aromatic amines is 1. The number of carbonyl (C=O) groups is 4. The predicted molar refractivity (Wildman–Crippen MR) is 151 cm³/mol. The van der Waals surface area contributed by atoms with Crippen LogP contribution in [-0.2, 0) is 20.9 Å². The van der Waals surface area contributed by atoms with Gasteiger partial charge in [0.15, 0.2) is 0 Å². The van der Waals surface area contributed by atoms with Crippen LogP contribution in [0.15, 0.2) is 77.8 Å². The molecule has 0 radical (unpaired) electrons. The molecular weight excluding hydrogens is 506 g/mol. The van der Waals surface area contributed by atoms with Gasteiger partial charge in [-0.25, -0.2) is 0 Å². The Balaban J connectivity index is 1.19. The molecule has 2 atom stereocenters. The number of aromatic nitrogens is 1. The molecule has 1 saturated carbocycles. The van der Waals surface area contributed by atoms with E-state index in [1.807, 2.05) is 60.7 Å². The molecule has 1 spiro atoms. The summed E-state index contributed by atoms with van der Waals surface area (Å²) in [6, 6.07) is 16.9. The second kappa shape index (κ2) is 10.6. The lowest BCUT2D eigenvalue weighted by atomic mass is 10.0. The monoisotopic (exact) mass is 537 g/mol. The number of benzene rings is 2. The molecule has 3 amide bonds. The molecule has 0 bridgehead atoms. The topological polar surface area (TPSA) is 124 Å². The molecule has 204 valence electrons. The number of aliphatic imine (C=N–C) groups is 1. The molecule has 3 aliphatic rings. The first kappa shape index (κ1) is 25.7. The van der Waals surface area contributed by atoms with Crippen molar-refractivity contribution in [2.45, 2.75) is 44.3 Å². The Kier molecular flexibility index (Phi) is 6.79. The number of rotatable bonds is 9. The third-order valence-electron chi connectivity index (χ3n) is 8.07. The molecular formula is C31H31N5O4. The van der Waals surface area contributed by atoms with Crippen molar-refractivity contribution in [1.29, 1.82) is 0 Å². The minimum Gasteiger partial charge on any atom is -0.351 e. The summed E-state index contributed by atoms with van der Waals surface area (Å²) in [5, 5.41) is 6.41. The van der Waals surface area contributed by atoms with Gasteiger partial charge >= 0.3 is 0 Å². The van der Waals surface area contributed by atoms with Gasteiger partial charge in [0, 0.05) is 36.1 Å². The number of allylic oxidation sites excluding steroid dienone is 1. The summed E-state index contributed by atoms with van der Waals surface area (Å²) in [5.41, 5.74) is 2.72. The fourth-order valence-corrected chi connectivity index (χ4v) is 5.64. The summed E-state index contributed by atoms with van der Waals surface area (Å²) in [7, 11) is 0. The van der Waals surface area contributed by atoms with Crippen molar-refractivity contribution >= 4 is 40.1 Å². The van der Waals surface area contributed by atoms with Crippen molar-refractivity contribution in [1.82, 2.24) is 20.5 Å². The molecule has 3 heterocycles. The number of fused-ring (bicyclic) bond motifs is 1. The van der Waals surface area contributed by atoms with E-state index in [-0.39, 0.29) is 24.3 Å². The van der Waals surface area contributed by atoms with Gasteiger partial charge in [-0.3, -0.25) is 24.2 Å². The van der Waals surface area contributed by atoms with Gasteiger partial charge in [-0.1, -0.05) is 54.6 Å². The van der Waals surface area contributed by atoms with Crippen LogP contribution < -0.4 is 10.6 Å². The van der Waals surface area contributed by atoms with Gasteiger partial charge in [-0.2, -0.15) is 0 Å². The SMILES string of the molecule is O=C(NCc1ccccc1)C(=O)[C@H](CC1=NCC=C1)NC(=O)[C@@H]1CC2(CC2)CN1C(=O)c1cc2ccccc2[nH]1. The van der Waals surface area contributed by atoms with Gasteiger partial charge in [-0.05, 0) is 48.4 Å². The summed E-state index contributed by atoms with van der Waals surface area (Å²) in [6.07, 6.45) is 6.22. The summed E-state index contributed by atoms with van der Waals surface area (Å²) >= 11 is 0. The summed E-state index contributed by atoms with van der Waals surface area (Å²) in [4.78, 5) is 62.6. The van der Waals surface area contributed by atoms with Crippen molar-refractivity contribution in [3.8, 4) is 0 Å². The Morgan fingerprint density at radius 1 is 1.05 bits per heavy atom. The predicted octanol–water partition coefficient (Wildman–Crippen LogP) is 2.93. The first-order valence-corrected chi connectivity index (χ1v) is 13.7. The molecule has 2 aliphatic heterocycles. The van der Waals surface area contributed by atoms with E-state index in [1.54, 1.807) is 17.0 Å². The third kappa shape index (κ3) is 5.32. The Bertz CT molecular complexity index is 1500. The maximum atomic E-state index is 13.7. The Hall–Kier alpha value is -4.53. The minimum atomic E-state index is -1.09. The molecule has 1 aromatic heterocycles. The molecule has 3 aromatic rings. The highest BCUT2D eigenvalue weighted by Crippen LogP contribution is 2.55. The number of carbonyl (C=O) groups excluding carboxylic acids is 4. The molecule has 0 unspecified atom stereocenters. The van der Waals surface area contributed by atoms with E-state index in [2.05, 4.69) is 20.6 Å². The van der Waals surface area contributed by atoms with E-state index in [9.17, 15) is 19.2 Å². The molecule has 2 fully saturated rings. The van der Waals surface area contributed by atoms with E-state index in [0.717, 1.165) is 29.3 Å². The normalized spacial score (nSPS) is 19.4. The summed E-state index contributed by atoms with van der Waals surface area (Å²) in [6.45, 7) is 1.19. The Morgan fingerprint density at radius 2 is 1.82 bits per heavy atom. The average Bonchev–Trinajstić information content (AvgIpc) is 3.33. The van der Waals surface area contributed by atoms with E-state index >= 15 is 0 Å². The van der Waals surface area contributed by atoms with Gasteiger partial charge in [0.05, 0.1) is 6.54 Å². The quantitative estimate of drug-likeness (QED) is 0.363. The first-order chi connectivity index (χ1) is 19.4. The molecule has 3 N–H and O–H groups in total. The van der Waals surface area contributed by atoms with Crippen LogP contribution in [0.4, 0.5) is 0 Å². The van der Waals surface area contributed by atoms with E-state index in [0.29, 0.717) is 30.9 Å². The highest BCUT2D eigenvalue weighted by molar-refractivity contribution is 6.39. The van der Waals surface area contributed by atoms with Crippen LogP contribution in [0.2, 0.25) is 0 Å². The molecule has 1 saturated heterocycles. The molecule has 40 heavy (non-hydrogen) atoms. The summed E-state index contributed by atoms with van der Waals surface area (Å²) < 4.78 is 0. The van der Waals surface area contributed by atoms with Gasteiger partial charge in [0.25, 0.3) is 11.8 Å². The Labute approximate surface area is 231 Å². The number of amides is 3. The number of H-pyrrole nitrogens is 1. The number of nitrogens with one attached hydrogen (secondary N) is 3. The second-order valence-electron chi connectivity index (χ2n) is 11.0. The fourth-order valence-electron chi connectivity index (χ4n) is 5.64. The maximum absolute atomic E-state index is 13.7. The largest absolute Gasteiger partial charge is 0.351 e. The van der Waals surface area contributed by atoms with Gasteiger partial charge < -0.3 is 20.5 Å². The van der Waals surface area contributed by atoms with Crippen LogP contribution in [0.5, 0.6) is 0 Å². The zero-order valence-corrected chi connectivity index (χ0v) is 22.1. The maximum Gasteiger partial charge on any atom is 0.289 e. The standard InChI is InChI=1S/C31H31N5O4/c37-27(29(39)33-18-20-7-2-1-3-8-20)24(16-22-10-6-14-32-22)35-28(38)26-17-31(12-13-31)19-36(26)30(40)25-15-21-9-4-5-11-23(21)34-25/h1-11,15,24,26,34H,12-14,16-19H2,(H,33,39)(H,35,38)/t24-,26-/m0/s1. The van der Waals surface area contributed by atoms with Gasteiger partial charge in [-0.15, -0.1) is 0 Å². The zero-order chi connectivity index (χ0) is 27.7. The van der Waals surface area contributed by atoms with Crippen LogP contribution in [-0.4, -0.2) is 64.3 Å². The fraction of sp³-hybridized carbons (Fsp3) is 0.323. The molecule has 9 heteroatoms. The smallest absolute Gasteiger partial charge is 0.289 e. The highest BCUT2D eigenvalue weighted by Gasteiger charge is 2.55. The van der Waals surface area contributed by atoms with Crippen LogP contribution in [0.3, 0.4) is 0 Å². The second-order valence-corrected chi connectivity index (χ2v) is 11.0. The molecule has 6 rings (SSSR count). The lowest BCUT2D eigenvalue weighted by Crippen LogP contribution is -2.53. The van der Waals surface area contributed by atoms with Crippen LogP contribution in [0, 0.1) is 5.41 Å². The van der Waals surface area contributed by atoms with Gasteiger partial charge in [0.2, 0.25) is 11.7 Å². The van der Waals surface area contributed by atoms with Crippen LogP contribution >= 0.6 is 0 Å². The molecule has 2 aromatic carbocycles. The number of para-hydroxylation sites is 1. The van der Waals surface area contributed by atoms with Crippen molar-refractivity contribution in [3.63, 3.8) is 0 Å². The van der Waals surface area contributed by atoms with Crippen molar-refractivity contribution in [2.75, 3.05) is 13.1 Å². The lowest BCUT2D eigenvalue weighted by Gasteiger charge is -2.25. The van der Waals surface area contributed by atoms with Crippen LogP contribution in [0.25, 0.3) is 10.9 Å². The van der Waals surface area contributed by atoms with Gasteiger partial charge in [0.1, 0.15) is 17.8 Å². The third-order valence-corrected chi connectivity index (χ3v) is 8.07. The number of ketones is 1. The summed E-state index contributed by atoms with van der Waals surface area (Å²) in [5.74, 6) is -2.18. The number of Topliss-reactive ketones (excluding diaryl/α,β-unsaturated/α-hetero) is 1. The lowest BCUT2D eigenvalue weighted by molar-refractivity contribution is -0.140. The number of likely N-dealkylation sites (tertiary alicyclic amines) is 1. The number of hydrogen-bond acceptors (Lipinski definition) is 5. The van der Waals surface area contributed by atoms with Crippen molar-refractivity contribution in [3.05, 3.63) is 84.1 Å². The van der Waals surface area contributed by atoms with Crippen molar-refractivity contribution < 1.29 is 19.2 Å². The minimum absolute atomic E-state index is 0.0610. The van der Waals surface area contributed by atoms with E-state index < -0.39 is 29.7 Å². The van der Waals surface area contributed by atoms with Crippen LogP contribution in [0.1, 0.15) is 41.7 Å².